The van der Waals surface area contributed by atoms with E-state index in [1.165, 1.54) is 11.1 Å². The Hall–Kier alpha value is -6.55. The van der Waals surface area contributed by atoms with Crippen molar-refractivity contribution < 1.29 is 37.8 Å². The summed E-state index contributed by atoms with van der Waals surface area (Å²) in [7, 11) is 0. The zero-order chi connectivity index (χ0) is 58.7. The van der Waals surface area contributed by atoms with Crippen molar-refractivity contribution in [2.45, 2.75) is 105 Å². The molecule has 6 heteroatoms. The number of ether oxygens (including phenoxy) is 1. The number of imidazole rings is 1. The first-order valence-electron chi connectivity index (χ1n) is 29.1. The second-order valence-corrected chi connectivity index (χ2v) is 23.4. The van der Waals surface area contributed by atoms with Crippen LogP contribution in [0.15, 0.2) is 158 Å². The second kappa shape index (κ2) is 16.5. The summed E-state index contributed by atoms with van der Waals surface area (Å²) in [4.78, 5) is 5.09. The van der Waals surface area contributed by atoms with Crippen LogP contribution in [0.4, 0.5) is 0 Å². The number of pyridine rings is 1. The van der Waals surface area contributed by atoms with Gasteiger partial charge in [-0.1, -0.05) is 68.4 Å². The molecule has 0 saturated heterocycles. The number of para-hydroxylation sites is 3. The van der Waals surface area contributed by atoms with E-state index in [1.807, 2.05) is 57.8 Å². The molecule has 5 nitrogen and oxygen atoms in total. The topological polar surface area (TPSA) is 36.9 Å². The van der Waals surface area contributed by atoms with Crippen LogP contribution in [0.1, 0.15) is 119 Å². The number of rotatable bonds is 7. The Kier molecular flexibility index (Phi) is 8.46. The van der Waals surface area contributed by atoms with Crippen LogP contribution >= 0.6 is 0 Å². The predicted molar refractivity (Wildman–Crippen MR) is 290 cm³/mol. The van der Waals surface area contributed by atoms with E-state index in [4.69, 9.17) is 17.9 Å². The van der Waals surface area contributed by atoms with Crippen molar-refractivity contribution in [2.75, 3.05) is 0 Å². The molecule has 0 radical (unpaired) electrons. The van der Waals surface area contributed by atoms with E-state index >= 15 is 0 Å². The molecular weight excluding hydrogens is 1050 g/mol. The molecule has 0 N–H and O–H groups in total. The van der Waals surface area contributed by atoms with Gasteiger partial charge in [-0.3, -0.25) is 0 Å². The Morgan fingerprint density at radius 2 is 1.20 bits per heavy atom. The molecule has 0 unspecified atom stereocenters. The minimum atomic E-state index is -0.563. The van der Waals surface area contributed by atoms with Crippen LogP contribution in [0.25, 0.3) is 72.3 Å². The van der Waals surface area contributed by atoms with Crippen LogP contribution < -0.4 is 4.74 Å². The van der Waals surface area contributed by atoms with Gasteiger partial charge in [-0.2, -0.15) is 0 Å². The zero-order valence-electron chi connectivity index (χ0n) is 52.3. The van der Waals surface area contributed by atoms with Gasteiger partial charge in [0.15, 0.2) is 0 Å². The van der Waals surface area contributed by atoms with Crippen LogP contribution in [0.5, 0.6) is 11.5 Å². The summed E-state index contributed by atoms with van der Waals surface area (Å²) >= 11 is 2.19. The standard InChI is InChI=1S/C65H62N4O.Pt/c1-61(2,3)44-34-35-66-57(38-44)69-56-40-47(30-31-51(56)52-32-33-53-58(60(52)69)64(9,10)65(11,12)63(53,7)8)70-48-37-45(62(4,5)6)36-46(39-48)67-41-68(55-29-20-19-28-54(55)67)59-49(42-22-15-13-16-23-42)26-21-27-50(59)43-24-17-14-18-25-43;/h13-38H,1-12H3;/q-2;/i13D,14D,15D,16D,17D,18D,22D,23D,24D,25D;. The van der Waals surface area contributed by atoms with Crippen LogP contribution in [-0.2, 0) is 41.0 Å². The molecule has 10 aromatic rings. The van der Waals surface area contributed by atoms with Gasteiger partial charge in [-0.25, -0.2) is 0 Å². The average molecular weight is 1120 g/mol. The zero-order valence-corrected chi connectivity index (χ0v) is 44.5. The Morgan fingerprint density at radius 3 is 1.82 bits per heavy atom. The normalized spacial score (nSPS) is 17.2. The summed E-state index contributed by atoms with van der Waals surface area (Å²) in [6.07, 6.45) is 1.89. The third-order valence-electron chi connectivity index (χ3n) is 15.7. The first-order chi connectivity index (χ1) is 37.8. The number of nitrogens with zero attached hydrogens (tertiary/aromatic N) is 4. The summed E-state index contributed by atoms with van der Waals surface area (Å²) < 4.78 is 102. The van der Waals surface area contributed by atoms with Gasteiger partial charge in [0.25, 0.3) is 0 Å². The van der Waals surface area contributed by atoms with E-state index in [9.17, 15) is 5.48 Å². The number of fused-ring (bicyclic) bond motifs is 6. The summed E-state index contributed by atoms with van der Waals surface area (Å²) in [6, 6.07) is 31.6. The van der Waals surface area contributed by atoms with Crippen molar-refractivity contribution in [2.24, 2.45) is 5.41 Å². The van der Waals surface area contributed by atoms with Crippen LogP contribution in [0.3, 0.4) is 0 Å². The predicted octanol–water partition coefficient (Wildman–Crippen LogP) is 16.9. The van der Waals surface area contributed by atoms with Crippen molar-refractivity contribution in [3.63, 3.8) is 0 Å². The Labute approximate surface area is 444 Å². The van der Waals surface area contributed by atoms with Gasteiger partial charge in [0, 0.05) is 6.20 Å². The fourth-order valence-corrected chi connectivity index (χ4v) is 11.7. The van der Waals surface area contributed by atoms with E-state index in [0.29, 0.717) is 32.0 Å². The Morgan fingerprint density at radius 1 is 0.592 bits per heavy atom. The molecule has 360 valence electrons. The van der Waals surface area contributed by atoms with Crippen LogP contribution in [0.2, 0.25) is 0 Å². The van der Waals surface area contributed by atoms with Crippen LogP contribution in [-0.4, -0.2) is 18.7 Å². The number of hydrogen-bond acceptors (Lipinski definition) is 2. The van der Waals surface area contributed by atoms with E-state index in [0.717, 1.165) is 38.8 Å². The number of benzene rings is 7. The van der Waals surface area contributed by atoms with Gasteiger partial charge >= 0.3 is 333 Å². The number of aromatic nitrogens is 4. The quantitative estimate of drug-likeness (QED) is 0.149. The third kappa shape index (κ3) is 7.36. The summed E-state index contributed by atoms with van der Waals surface area (Å²) in [5.41, 5.74) is 7.81. The molecule has 7 aromatic carbocycles. The van der Waals surface area contributed by atoms with E-state index < -0.39 is 65.8 Å². The van der Waals surface area contributed by atoms with Crippen molar-refractivity contribution in [3.05, 3.63) is 196 Å². The van der Waals surface area contributed by atoms with E-state index in [-0.39, 0.29) is 49.6 Å². The van der Waals surface area contributed by atoms with Crippen molar-refractivity contribution >= 4 is 32.8 Å². The average Bonchev–Trinajstić information content (AvgIpc) is 1.78. The van der Waals surface area contributed by atoms with Crippen molar-refractivity contribution in [1.29, 1.82) is 0 Å². The van der Waals surface area contributed by atoms with Gasteiger partial charge < -0.3 is 0 Å². The SMILES string of the molecule is [2H]c1c([2H])c([2H])c(-c2cccc(-c3c([2H])c([2H])c([2H])c([2H])c3[2H])c2-n2[c](=[Pt])n(-c3[c-]c(Oc4[c-]c5c(cc4)c4ccc6c(c4n5-c4cc(C(C)(C)C)ccn4)C(C)(C)C(C)(C)C6(C)C)cc(C(C)(C)C)c3)c3ccccc32)c([2H])c1[2H]. The first kappa shape index (κ1) is 36.4. The molecule has 1 aliphatic rings. The van der Waals surface area contributed by atoms with Gasteiger partial charge in [0.1, 0.15) is 0 Å². The maximum absolute atomic E-state index is 9.20. The molecule has 1 aliphatic carbocycles. The van der Waals surface area contributed by atoms with Crippen LogP contribution in [0, 0.1) is 21.4 Å². The van der Waals surface area contributed by atoms with Gasteiger partial charge in [-0.15, -0.1) is 0 Å². The van der Waals surface area contributed by atoms with Gasteiger partial charge in [-0.05, 0) is 38.9 Å². The fourth-order valence-electron chi connectivity index (χ4n) is 10.7. The fraction of sp³-hybridized carbons (Fsp3) is 0.262. The molecule has 0 spiro atoms. The summed E-state index contributed by atoms with van der Waals surface area (Å²) in [5.74, 6) is 1.66. The maximum atomic E-state index is 9.20. The Bertz CT molecular complexity index is 4270. The van der Waals surface area contributed by atoms with E-state index in [1.54, 1.807) is 18.2 Å². The van der Waals surface area contributed by atoms with E-state index in [2.05, 4.69) is 149 Å². The Balaban J connectivity index is 1.16. The minimum absolute atomic E-state index is 0.106. The molecule has 71 heavy (non-hydrogen) atoms. The molecule has 11 rings (SSSR count). The van der Waals surface area contributed by atoms with Gasteiger partial charge in [0.05, 0.1) is 0 Å². The molecule has 0 saturated carbocycles. The molecule has 3 aromatic heterocycles. The number of hydrogen-bond donors (Lipinski definition) is 0. The van der Waals surface area contributed by atoms with Crippen molar-refractivity contribution in [1.82, 2.24) is 18.7 Å². The van der Waals surface area contributed by atoms with Crippen molar-refractivity contribution in [3.8, 4) is 50.9 Å². The second-order valence-electron chi connectivity index (χ2n) is 22.4. The molecule has 0 amide bonds. The molecule has 0 fully saturated rings. The first-order valence-corrected chi connectivity index (χ1v) is 25.2. The third-order valence-corrected chi connectivity index (χ3v) is 16.8. The molecule has 0 aliphatic heterocycles. The monoisotopic (exact) mass is 1120 g/mol. The van der Waals surface area contributed by atoms with Gasteiger partial charge in [0.2, 0.25) is 0 Å². The molecule has 0 atom stereocenters. The summed E-state index contributed by atoms with van der Waals surface area (Å²) in [5, 5.41) is 2.12. The molecule has 3 heterocycles. The molecular formula is C65H62N4OPt-2. The summed E-state index contributed by atoms with van der Waals surface area (Å²) in [6.45, 7) is 27.2. The molecule has 0 bridgehead atoms.